The maximum atomic E-state index is 5.20. The molecule has 0 saturated heterocycles. The van der Waals surface area contributed by atoms with Crippen molar-refractivity contribution in [1.29, 1.82) is 0 Å². The number of hydrogen-bond acceptors (Lipinski definition) is 5. The van der Waals surface area contributed by atoms with Gasteiger partial charge in [-0.15, -0.1) is 5.10 Å². The minimum Gasteiger partial charge on any atom is -0.447 e. The fraction of sp³-hybridized carbons (Fsp3) is 0.375. The van der Waals surface area contributed by atoms with Crippen LogP contribution in [0.15, 0.2) is 22.8 Å². The van der Waals surface area contributed by atoms with E-state index in [0.29, 0.717) is 5.88 Å². The van der Waals surface area contributed by atoms with Gasteiger partial charge in [0.05, 0.1) is 6.26 Å². The van der Waals surface area contributed by atoms with E-state index in [0.717, 1.165) is 18.8 Å². The third kappa shape index (κ3) is 1.64. The average Bonchev–Trinajstić information content (AvgIpc) is 2.84. The van der Waals surface area contributed by atoms with Gasteiger partial charge < -0.3 is 9.73 Å². The van der Waals surface area contributed by atoms with Crippen LogP contribution in [0.2, 0.25) is 0 Å². The molecule has 0 fully saturated rings. The van der Waals surface area contributed by atoms with Crippen LogP contribution in [0.5, 0.6) is 0 Å². The first kappa shape index (κ1) is 8.89. The third-order valence-corrected chi connectivity index (χ3v) is 1.85. The van der Waals surface area contributed by atoms with Gasteiger partial charge in [-0.25, -0.2) is 0 Å². The van der Waals surface area contributed by atoms with Crippen molar-refractivity contribution in [3.8, 4) is 5.88 Å². The predicted molar refractivity (Wildman–Crippen MR) is 49.1 cm³/mol. The highest BCUT2D eigenvalue weighted by atomic mass is 16.3. The molecule has 0 aliphatic rings. The molecule has 2 rings (SSSR count). The van der Waals surface area contributed by atoms with E-state index in [4.69, 9.17) is 4.42 Å². The molecule has 0 atom stereocenters. The zero-order chi connectivity index (χ0) is 9.80. The van der Waals surface area contributed by atoms with Crippen molar-refractivity contribution in [2.75, 3.05) is 13.6 Å². The number of furan rings is 1. The van der Waals surface area contributed by atoms with E-state index in [9.17, 15) is 0 Å². The van der Waals surface area contributed by atoms with Gasteiger partial charge in [-0.2, -0.15) is 4.68 Å². The lowest BCUT2D eigenvalue weighted by Crippen LogP contribution is -2.13. The Morgan fingerprint density at radius 2 is 2.50 bits per heavy atom. The van der Waals surface area contributed by atoms with Crippen molar-refractivity contribution >= 4 is 0 Å². The maximum absolute atomic E-state index is 5.20. The number of nitrogens with zero attached hydrogens (tertiary/aromatic N) is 4. The van der Waals surface area contributed by atoms with Crippen molar-refractivity contribution in [2.45, 2.75) is 6.42 Å². The van der Waals surface area contributed by atoms with E-state index < -0.39 is 0 Å². The summed E-state index contributed by atoms with van der Waals surface area (Å²) in [6.07, 6.45) is 2.36. The summed E-state index contributed by atoms with van der Waals surface area (Å²) in [5.74, 6) is 1.43. The Morgan fingerprint density at radius 1 is 1.57 bits per heavy atom. The van der Waals surface area contributed by atoms with Gasteiger partial charge in [0, 0.05) is 19.0 Å². The Bertz CT molecular complexity index is 380. The molecule has 0 saturated carbocycles. The number of tetrazole rings is 1. The molecule has 2 aromatic heterocycles. The molecule has 6 heteroatoms. The van der Waals surface area contributed by atoms with Crippen LogP contribution in [0.3, 0.4) is 0 Å². The standard InChI is InChI=1S/C8H11N5O/c1-9-5-4-7-10-11-12-13(7)8-3-2-6-14-8/h2-3,6,9H,4-5H2,1H3. The van der Waals surface area contributed by atoms with Gasteiger partial charge in [0.25, 0.3) is 0 Å². The van der Waals surface area contributed by atoms with E-state index in [-0.39, 0.29) is 0 Å². The Morgan fingerprint density at radius 3 is 3.21 bits per heavy atom. The quantitative estimate of drug-likeness (QED) is 0.741. The molecule has 0 aliphatic carbocycles. The topological polar surface area (TPSA) is 68.8 Å². The number of rotatable bonds is 4. The zero-order valence-corrected chi connectivity index (χ0v) is 7.84. The third-order valence-electron chi connectivity index (χ3n) is 1.85. The van der Waals surface area contributed by atoms with Crippen molar-refractivity contribution in [1.82, 2.24) is 25.5 Å². The van der Waals surface area contributed by atoms with E-state index >= 15 is 0 Å². The number of nitrogens with one attached hydrogen (secondary N) is 1. The number of hydrogen-bond donors (Lipinski definition) is 1. The summed E-state index contributed by atoms with van der Waals surface area (Å²) in [5, 5.41) is 14.4. The molecule has 74 valence electrons. The monoisotopic (exact) mass is 193 g/mol. The van der Waals surface area contributed by atoms with Crippen LogP contribution >= 0.6 is 0 Å². The summed E-state index contributed by atoms with van der Waals surface area (Å²) in [6.45, 7) is 0.834. The molecule has 14 heavy (non-hydrogen) atoms. The molecule has 0 unspecified atom stereocenters. The van der Waals surface area contributed by atoms with Crippen molar-refractivity contribution < 1.29 is 4.42 Å². The van der Waals surface area contributed by atoms with Gasteiger partial charge in [0.15, 0.2) is 5.82 Å². The highest BCUT2D eigenvalue weighted by molar-refractivity contribution is 5.16. The van der Waals surface area contributed by atoms with Gasteiger partial charge in [0.1, 0.15) is 0 Å². The molecule has 0 bridgehead atoms. The second-order valence-electron chi connectivity index (χ2n) is 2.81. The van der Waals surface area contributed by atoms with Crippen LogP contribution in [-0.2, 0) is 6.42 Å². The van der Waals surface area contributed by atoms with Crippen molar-refractivity contribution in [3.05, 3.63) is 24.2 Å². The van der Waals surface area contributed by atoms with E-state index in [2.05, 4.69) is 20.8 Å². The van der Waals surface area contributed by atoms with Crippen molar-refractivity contribution in [3.63, 3.8) is 0 Å². The normalized spacial score (nSPS) is 10.6. The fourth-order valence-corrected chi connectivity index (χ4v) is 1.16. The maximum Gasteiger partial charge on any atom is 0.222 e. The Labute approximate surface area is 80.9 Å². The van der Waals surface area contributed by atoms with Crippen LogP contribution in [0, 0.1) is 0 Å². The van der Waals surface area contributed by atoms with Crippen LogP contribution in [0.25, 0.3) is 5.88 Å². The van der Waals surface area contributed by atoms with E-state index in [1.165, 1.54) is 0 Å². The SMILES string of the molecule is CNCCc1nnnn1-c1ccco1. The lowest BCUT2D eigenvalue weighted by atomic mass is 10.4. The molecule has 2 heterocycles. The second kappa shape index (κ2) is 4.01. The van der Waals surface area contributed by atoms with Crippen LogP contribution in [0.4, 0.5) is 0 Å². The van der Waals surface area contributed by atoms with Crippen LogP contribution in [-0.4, -0.2) is 33.8 Å². The van der Waals surface area contributed by atoms with Crippen LogP contribution < -0.4 is 5.32 Å². The minimum absolute atomic E-state index is 0.640. The predicted octanol–water partition coefficient (Wildman–Crippen LogP) is 0.0172. The number of aromatic nitrogens is 4. The van der Waals surface area contributed by atoms with Gasteiger partial charge in [-0.1, -0.05) is 0 Å². The molecule has 0 aliphatic heterocycles. The lowest BCUT2D eigenvalue weighted by molar-refractivity contribution is 0.508. The van der Waals surface area contributed by atoms with E-state index in [1.54, 1.807) is 17.0 Å². The average molecular weight is 193 g/mol. The van der Waals surface area contributed by atoms with Crippen LogP contribution in [0.1, 0.15) is 5.82 Å². The first-order chi connectivity index (χ1) is 6.92. The zero-order valence-electron chi connectivity index (χ0n) is 7.84. The Kier molecular flexibility index (Phi) is 2.55. The molecule has 6 nitrogen and oxygen atoms in total. The largest absolute Gasteiger partial charge is 0.447 e. The molecule has 1 N–H and O–H groups in total. The molecular weight excluding hydrogens is 182 g/mol. The Hall–Kier alpha value is -1.69. The highest BCUT2D eigenvalue weighted by Crippen LogP contribution is 2.07. The van der Waals surface area contributed by atoms with E-state index in [1.807, 2.05) is 13.1 Å². The van der Waals surface area contributed by atoms with Gasteiger partial charge in [-0.05, 0) is 23.5 Å². The highest BCUT2D eigenvalue weighted by Gasteiger charge is 2.08. The minimum atomic E-state index is 0.640. The molecule has 2 aromatic rings. The molecule has 0 amide bonds. The first-order valence-electron chi connectivity index (χ1n) is 4.37. The second-order valence-corrected chi connectivity index (χ2v) is 2.81. The summed E-state index contributed by atoms with van der Waals surface area (Å²) in [7, 11) is 1.89. The van der Waals surface area contributed by atoms with Gasteiger partial charge in [-0.3, -0.25) is 0 Å². The number of likely N-dealkylation sites (N-methyl/N-ethyl adjacent to an activating group) is 1. The van der Waals surface area contributed by atoms with Gasteiger partial charge >= 0.3 is 0 Å². The summed E-state index contributed by atoms with van der Waals surface area (Å²) < 4.78 is 6.79. The molecule has 0 aromatic carbocycles. The molecule has 0 spiro atoms. The summed E-state index contributed by atoms with van der Waals surface area (Å²) >= 11 is 0. The fourth-order valence-electron chi connectivity index (χ4n) is 1.16. The Balaban J connectivity index is 2.22. The van der Waals surface area contributed by atoms with Crippen molar-refractivity contribution in [2.24, 2.45) is 0 Å². The summed E-state index contributed by atoms with van der Waals surface area (Å²) in [5.41, 5.74) is 0. The van der Waals surface area contributed by atoms with Gasteiger partial charge in [0.2, 0.25) is 5.88 Å². The summed E-state index contributed by atoms with van der Waals surface area (Å²) in [6, 6.07) is 3.62. The molecular formula is C8H11N5O. The lowest BCUT2D eigenvalue weighted by Gasteiger charge is -1.99. The summed E-state index contributed by atoms with van der Waals surface area (Å²) in [4.78, 5) is 0. The smallest absolute Gasteiger partial charge is 0.222 e. The molecule has 0 radical (unpaired) electrons. The first-order valence-corrected chi connectivity index (χ1v) is 4.37.